The first-order chi connectivity index (χ1) is 24.1. The number of pyridine rings is 2. The summed E-state index contributed by atoms with van der Waals surface area (Å²) in [5.41, 5.74) is 0.902. The number of rotatable bonds is 10. The van der Waals surface area contributed by atoms with E-state index in [2.05, 4.69) is 14.9 Å². The number of allylic oxidation sites excluding steroid dienone is 2. The van der Waals surface area contributed by atoms with Gasteiger partial charge in [-0.25, -0.2) is 19.3 Å². The summed E-state index contributed by atoms with van der Waals surface area (Å²) in [6.45, 7) is 5.66. The number of fused-ring (bicyclic) bond motifs is 2. The lowest BCUT2D eigenvalue weighted by atomic mass is 9.65. The molecule has 2 aromatic heterocycles. The Bertz CT molecular complexity index is 1730. The Morgan fingerprint density at radius 3 is 2.24 bits per heavy atom. The lowest BCUT2D eigenvalue weighted by Crippen LogP contribution is -2.51. The maximum Gasteiger partial charge on any atom is 0.340 e. The summed E-state index contributed by atoms with van der Waals surface area (Å²) in [5, 5.41) is 9.57. The van der Waals surface area contributed by atoms with Gasteiger partial charge < -0.3 is 18.9 Å². The van der Waals surface area contributed by atoms with Crippen molar-refractivity contribution in [3.63, 3.8) is 0 Å². The topological polar surface area (TPSA) is 147 Å². The molecule has 11 heteroatoms. The van der Waals surface area contributed by atoms with Crippen LogP contribution in [0.25, 0.3) is 0 Å². The predicted octanol–water partition coefficient (Wildman–Crippen LogP) is 6.43. The fourth-order valence-electron chi connectivity index (χ4n) is 7.41. The molecule has 0 bridgehead atoms. The molecule has 2 aliphatic carbocycles. The fourth-order valence-corrected chi connectivity index (χ4v) is 7.41. The van der Waals surface area contributed by atoms with Crippen molar-refractivity contribution in [2.45, 2.75) is 70.4 Å². The third kappa shape index (κ3) is 7.55. The lowest BCUT2D eigenvalue weighted by molar-refractivity contribution is -0.248. The predicted molar refractivity (Wildman–Crippen MR) is 181 cm³/mol. The maximum absolute atomic E-state index is 13.8. The molecule has 1 aromatic carbocycles. The minimum absolute atomic E-state index is 0.0448. The van der Waals surface area contributed by atoms with Crippen LogP contribution < -0.4 is 0 Å². The number of aromatic nitrogens is 2. The van der Waals surface area contributed by atoms with Gasteiger partial charge in [0.05, 0.1) is 40.4 Å². The minimum Gasteiger partial charge on any atom is -0.461 e. The Morgan fingerprint density at radius 2 is 1.60 bits per heavy atom. The van der Waals surface area contributed by atoms with Gasteiger partial charge in [0, 0.05) is 43.0 Å². The van der Waals surface area contributed by atoms with Crippen molar-refractivity contribution in [1.29, 1.82) is 0 Å². The van der Waals surface area contributed by atoms with E-state index in [-0.39, 0.29) is 36.4 Å². The number of nitrogens with zero attached hydrogens (tertiary/aromatic N) is 2. The van der Waals surface area contributed by atoms with Crippen molar-refractivity contribution in [3.05, 3.63) is 119 Å². The van der Waals surface area contributed by atoms with E-state index in [1.54, 1.807) is 60.9 Å². The second-order valence-electron chi connectivity index (χ2n) is 13.7. The summed E-state index contributed by atoms with van der Waals surface area (Å²) >= 11 is 0. The molecule has 6 rings (SSSR count). The molecule has 1 saturated heterocycles. The molecule has 0 spiro atoms. The summed E-state index contributed by atoms with van der Waals surface area (Å²) in [6, 6.07) is 15.2. The number of esters is 3. The molecule has 50 heavy (non-hydrogen) atoms. The van der Waals surface area contributed by atoms with Gasteiger partial charge in [-0.1, -0.05) is 42.3 Å². The SMILES string of the molecule is C/C1=C\[C@H](OC(=O)c2cccnc2)[C@@]2(COC(=O)c3ccccc3)CC=C(C(C)COO)[C@@H]2C(OC(=O)c2cccnc2)C[C@]2(C)O[C@@H]2CC1. The normalized spacial score (nSPS) is 29.0. The molecule has 3 heterocycles. The Morgan fingerprint density at radius 1 is 0.940 bits per heavy atom. The summed E-state index contributed by atoms with van der Waals surface area (Å²) in [5.74, 6) is -2.76. The van der Waals surface area contributed by atoms with Crippen LogP contribution in [0.2, 0.25) is 0 Å². The number of carbonyl (C=O) groups excluding carboxylic acids is 3. The van der Waals surface area contributed by atoms with Gasteiger partial charge in [-0.2, -0.15) is 0 Å². The molecule has 0 radical (unpaired) electrons. The second kappa shape index (κ2) is 15.0. The van der Waals surface area contributed by atoms with Crippen LogP contribution in [0, 0.1) is 17.3 Å². The summed E-state index contributed by atoms with van der Waals surface area (Å²) < 4.78 is 25.3. The summed E-state index contributed by atoms with van der Waals surface area (Å²) in [6.07, 6.45) is 10.1. The first-order valence-corrected chi connectivity index (χ1v) is 16.9. The molecular formula is C39H42N2O9. The number of hydrogen-bond acceptors (Lipinski definition) is 11. The number of carbonyl (C=O) groups is 3. The fraction of sp³-hybridized carbons (Fsp3) is 0.410. The van der Waals surface area contributed by atoms with E-state index in [9.17, 15) is 19.6 Å². The molecule has 262 valence electrons. The van der Waals surface area contributed by atoms with Crippen LogP contribution >= 0.6 is 0 Å². The van der Waals surface area contributed by atoms with Crippen LogP contribution in [0.1, 0.15) is 77.5 Å². The zero-order valence-electron chi connectivity index (χ0n) is 28.4. The van der Waals surface area contributed by atoms with Crippen molar-refractivity contribution in [2.75, 3.05) is 13.2 Å². The van der Waals surface area contributed by atoms with E-state index in [1.165, 1.54) is 12.4 Å². The van der Waals surface area contributed by atoms with Gasteiger partial charge in [-0.05, 0) is 75.6 Å². The molecule has 2 unspecified atom stereocenters. The van der Waals surface area contributed by atoms with E-state index in [0.717, 1.165) is 11.1 Å². The van der Waals surface area contributed by atoms with E-state index < -0.39 is 47.0 Å². The van der Waals surface area contributed by atoms with Gasteiger partial charge >= 0.3 is 17.9 Å². The highest BCUT2D eigenvalue weighted by molar-refractivity contribution is 5.90. The zero-order valence-corrected chi connectivity index (χ0v) is 28.4. The van der Waals surface area contributed by atoms with Crippen molar-refractivity contribution in [2.24, 2.45) is 17.3 Å². The number of ether oxygens (including phenoxy) is 4. The van der Waals surface area contributed by atoms with Crippen molar-refractivity contribution < 1.29 is 43.5 Å². The van der Waals surface area contributed by atoms with E-state index >= 15 is 0 Å². The van der Waals surface area contributed by atoms with Crippen LogP contribution in [0.3, 0.4) is 0 Å². The smallest absolute Gasteiger partial charge is 0.340 e. The molecule has 1 fully saturated rings. The van der Waals surface area contributed by atoms with Gasteiger partial charge in [0.15, 0.2) is 0 Å². The highest BCUT2D eigenvalue weighted by Gasteiger charge is 2.61. The number of epoxide rings is 1. The molecule has 1 N–H and O–H groups in total. The minimum atomic E-state index is -1.16. The van der Waals surface area contributed by atoms with Gasteiger partial charge in [0.1, 0.15) is 18.8 Å². The molecular weight excluding hydrogens is 640 g/mol. The Kier molecular flexibility index (Phi) is 10.6. The molecule has 0 amide bonds. The van der Waals surface area contributed by atoms with Gasteiger partial charge in [0.2, 0.25) is 0 Å². The quantitative estimate of drug-likeness (QED) is 0.0630. The Labute approximate surface area is 291 Å². The molecule has 3 aromatic rings. The number of hydrogen-bond donors (Lipinski definition) is 1. The molecule has 11 nitrogen and oxygen atoms in total. The van der Waals surface area contributed by atoms with E-state index in [4.69, 9.17) is 18.9 Å². The molecule has 7 atom stereocenters. The van der Waals surface area contributed by atoms with Gasteiger partial charge in [-0.3, -0.25) is 15.2 Å². The van der Waals surface area contributed by atoms with Crippen LogP contribution in [0.5, 0.6) is 0 Å². The Balaban J connectivity index is 1.50. The largest absolute Gasteiger partial charge is 0.461 e. The average Bonchev–Trinajstić information content (AvgIpc) is 3.61. The Hall–Kier alpha value is -4.71. The first kappa shape index (κ1) is 35.1. The first-order valence-electron chi connectivity index (χ1n) is 16.9. The van der Waals surface area contributed by atoms with Crippen LogP contribution in [-0.4, -0.2) is 70.3 Å². The van der Waals surface area contributed by atoms with Crippen LogP contribution in [-0.2, 0) is 23.8 Å². The van der Waals surface area contributed by atoms with E-state index in [0.29, 0.717) is 31.2 Å². The maximum atomic E-state index is 13.8. The molecule has 3 aliphatic rings. The summed E-state index contributed by atoms with van der Waals surface area (Å²) in [7, 11) is 0. The monoisotopic (exact) mass is 682 g/mol. The highest BCUT2D eigenvalue weighted by Crippen LogP contribution is 2.56. The van der Waals surface area contributed by atoms with Crippen LogP contribution in [0.4, 0.5) is 0 Å². The number of benzene rings is 1. The summed E-state index contributed by atoms with van der Waals surface area (Å²) in [4.78, 5) is 54.0. The second-order valence-corrected chi connectivity index (χ2v) is 13.7. The lowest BCUT2D eigenvalue weighted by Gasteiger charge is -2.45. The standard InChI is InChI=1S/C39H42N2O9/c1-25-13-14-32-38(3,50-32)20-31(48-36(43)28-11-7-17-40-21-28)34-30(26(2)23-47-45)15-16-39(34,24-46-35(42)27-9-5-4-6-10-27)33(19-25)49-37(44)29-12-8-18-41-22-29/h4-12,15,17-19,21-22,26,31-34,45H,13-14,16,20,23-24H2,1-3H3/b25-19+/t26?,31?,32-,33+,34-,38+,39+/m1/s1. The molecule has 0 saturated carbocycles. The van der Waals surface area contributed by atoms with Gasteiger partial charge in [0.25, 0.3) is 0 Å². The van der Waals surface area contributed by atoms with E-state index in [1.807, 2.05) is 39.0 Å². The third-order valence-corrected chi connectivity index (χ3v) is 10.2. The zero-order chi connectivity index (χ0) is 35.3. The van der Waals surface area contributed by atoms with Gasteiger partial charge in [-0.15, -0.1) is 0 Å². The third-order valence-electron chi connectivity index (χ3n) is 10.2. The highest BCUT2D eigenvalue weighted by atomic mass is 17.1. The average molecular weight is 683 g/mol. The van der Waals surface area contributed by atoms with Crippen molar-refractivity contribution in [3.8, 4) is 0 Å². The molecule has 1 aliphatic heterocycles. The van der Waals surface area contributed by atoms with Crippen molar-refractivity contribution >= 4 is 17.9 Å². The van der Waals surface area contributed by atoms with Crippen molar-refractivity contribution in [1.82, 2.24) is 9.97 Å². The van der Waals surface area contributed by atoms with Crippen LogP contribution in [0.15, 0.2) is 103 Å².